The Kier molecular flexibility index (Phi) is 29.4. The molecular formula is C16H36O5. The molecule has 0 unspecified atom stereocenters. The van der Waals surface area contributed by atoms with E-state index >= 15 is 0 Å². The van der Waals surface area contributed by atoms with Crippen molar-refractivity contribution in [2.24, 2.45) is 0 Å². The number of carboxylic acids is 1. The van der Waals surface area contributed by atoms with E-state index in [0.29, 0.717) is 6.42 Å². The summed E-state index contributed by atoms with van der Waals surface area (Å²) in [4.78, 5) is 9.00. The molecule has 0 bridgehead atoms. The average molecular weight is 308 g/mol. The van der Waals surface area contributed by atoms with E-state index < -0.39 is 12.3 Å². The standard InChI is InChI=1S/C8H18O.C6H14O2.C2H4O2/c1-3-5-7-9-8-6-4-2;1-2-3-4-5-6(7)8;1-2(3)4/h3-8H2,1-2H3;6-8H,2-5H2,1H3;1H3,(H,3,4). The van der Waals surface area contributed by atoms with E-state index in [1.807, 2.05) is 0 Å². The van der Waals surface area contributed by atoms with Crippen molar-refractivity contribution in [3.63, 3.8) is 0 Å². The lowest BCUT2D eigenvalue weighted by molar-refractivity contribution is -0.134. The molecule has 0 heterocycles. The third-order valence-electron chi connectivity index (χ3n) is 2.35. The predicted octanol–water partition coefficient (Wildman–Crippen LogP) is 3.57. The third-order valence-corrected chi connectivity index (χ3v) is 2.35. The van der Waals surface area contributed by atoms with Crippen molar-refractivity contribution in [1.82, 2.24) is 0 Å². The van der Waals surface area contributed by atoms with Crippen LogP contribution in [-0.2, 0) is 9.53 Å². The minimum atomic E-state index is -1.10. The van der Waals surface area contributed by atoms with Gasteiger partial charge in [0, 0.05) is 20.1 Å². The van der Waals surface area contributed by atoms with Crippen LogP contribution in [0.1, 0.15) is 79.1 Å². The van der Waals surface area contributed by atoms with E-state index in [1.54, 1.807) is 0 Å². The normalized spacial score (nSPS) is 9.48. The Balaban J connectivity index is -0.000000249. The van der Waals surface area contributed by atoms with Crippen LogP contribution in [0.2, 0.25) is 0 Å². The van der Waals surface area contributed by atoms with Gasteiger partial charge < -0.3 is 20.1 Å². The molecule has 0 aromatic heterocycles. The Morgan fingerprint density at radius 2 is 1.29 bits per heavy atom. The van der Waals surface area contributed by atoms with Gasteiger partial charge in [0.1, 0.15) is 0 Å². The van der Waals surface area contributed by atoms with Gasteiger partial charge in [-0.3, -0.25) is 4.79 Å². The fourth-order valence-corrected chi connectivity index (χ4v) is 1.17. The van der Waals surface area contributed by atoms with Gasteiger partial charge in [0.2, 0.25) is 0 Å². The first kappa shape index (κ1) is 25.3. The maximum absolute atomic E-state index is 9.00. The quantitative estimate of drug-likeness (QED) is 0.424. The van der Waals surface area contributed by atoms with E-state index in [9.17, 15) is 0 Å². The summed E-state index contributed by atoms with van der Waals surface area (Å²) in [6, 6.07) is 0. The maximum Gasteiger partial charge on any atom is 0.300 e. The van der Waals surface area contributed by atoms with E-state index in [4.69, 9.17) is 24.9 Å². The average Bonchev–Trinajstić information content (AvgIpc) is 2.39. The van der Waals surface area contributed by atoms with E-state index in [2.05, 4.69) is 20.8 Å². The third kappa shape index (κ3) is 54.4. The number of carboxylic acid groups (broad SMARTS) is 1. The minimum Gasteiger partial charge on any atom is -0.481 e. The number of aliphatic carboxylic acids is 1. The highest BCUT2D eigenvalue weighted by Crippen LogP contribution is 1.99. The summed E-state index contributed by atoms with van der Waals surface area (Å²) in [7, 11) is 0. The van der Waals surface area contributed by atoms with Gasteiger partial charge in [-0.25, -0.2) is 0 Å². The molecule has 0 fully saturated rings. The Hall–Kier alpha value is -0.650. The lowest BCUT2D eigenvalue weighted by Gasteiger charge is -1.99. The summed E-state index contributed by atoms with van der Waals surface area (Å²) in [6.07, 6.45) is 7.49. The fourth-order valence-electron chi connectivity index (χ4n) is 1.17. The summed E-state index contributed by atoms with van der Waals surface area (Å²) in [5.74, 6) is -0.833. The number of aliphatic hydroxyl groups excluding tert-OH is 1. The summed E-state index contributed by atoms with van der Waals surface area (Å²) < 4.78 is 5.31. The zero-order valence-corrected chi connectivity index (χ0v) is 14.3. The summed E-state index contributed by atoms with van der Waals surface area (Å²) >= 11 is 0. The number of unbranched alkanes of at least 4 members (excludes halogenated alkanes) is 4. The van der Waals surface area contributed by atoms with Crippen LogP contribution in [-0.4, -0.2) is 40.8 Å². The van der Waals surface area contributed by atoms with Crippen molar-refractivity contribution in [3.05, 3.63) is 0 Å². The first-order chi connectivity index (χ1) is 9.92. The van der Waals surface area contributed by atoms with Crippen molar-refractivity contribution in [3.8, 4) is 0 Å². The molecule has 0 radical (unpaired) electrons. The molecule has 0 aromatic rings. The minimum absolute atomic E-state index is 0.522. The molecule has 0 rings (SSSR count). The van der Waals surface area contributed by atoms with Gasteiger partial charge in [-0.05, 0) is 25.7 Å². The molecule has 0 spiro atoms. The van der Waals surface area contributed by atoms with E-state index in [0.717, 1.165) is 39.4 Å². The highest BCUT2D eigenvalue weighted by molar-refractivity contribution is 5.62. The highest BCUT2D eigenvalue weighted by Gasteiger charge is 1.93. The van der Waals surface area contributed by atoms with Crippen LogP contribution in [0.25, 0.3) is 0 Å². The number of carbonyl (C=O) groups is 1. The molecule has 0 saturated carbocycles. The van der Waals surface area contributed by atoms with Gasteiger partial charge in [-0.15, -0.1) is 0 Å². The molecule has 0 atom stereocenters. The Morgan fingerprint density at radius 1 is 0.905 bits per heavy atom. The molecule has 0 amide bonds. The smallest absolute Gasteiger partial charge is 0.300 e. The zero-order chi connectivity index (χ0) is 16.9. The van der Waals surface area contributed by atoms with Crippen molar-refractivity contribution >= 4 is 5.97 Å². The van der Waals surface area contributed by atoms with Crippen LogP contribution < -0.4 is 0 Å². The summed E-state index contributed by atoms with van der Waals surface area (Å²) in [5.41, 5.74) is 0. The Bertz CT molecular complexity index is 174. The number of hydrogen-bond acceptors (Lipinski definition) is 4. The highest BCUT2D eigenvalue weighted by atomic mass is 16.5. The molecule has 0 aliphatic heterocycles. The second-order valence-corrected chi connectivity index (χ2v) is 4.81. The molecule has 3 N–H and O–H groups in total. The van der Waals surface area contributed by atoms with Crippen molar-refractivity contribution in [1.29, 1.82) is 0 Å². The van der Waals surface area contributed by atoms with Gasteiger partial charge in [-0.2, -0.15) is 0 Å². The van der Waals surface area contributed by atoms with Crippen LogP contribution in [0.4, 0.5) is 0 Å². The van der Waals surface area contributed by atoms with Crippen LogP contribution >= 0.6 is 0 Å². The summed E-state index contributed by atoms with van der Waals surface area (Å²) in [5, 5.41) is 24.1. The molecule has 5 heteroatoms. The zero-order valence-electron chi connectivity index (χ0n) is 14.3. The number of hydrogen-bond donors (Lipinski definition) is 3. The fraction of sp³-hybridized carbons (Fsp3) is 0.938. The van der Waals surface area contributed by atoms with E-state index in [-0.39, 0.29) is 0 Å². The molecule has 5 nitrogen and oxygen atoms in total. The molecule has 0 saturated heterocycles. The molecule has 0 aliphatic carbocycles. The van der Waals surface area contributed by atoms with Gasteiger partial charge >= 0.3 is 0 Å². The molecule has 21 heavy (non-hydrogen) atoms. The number of rotatable bonds is 10. The second kappa shape index (κ2) is 24.4. The van der Waals surface area contributed by atoms with Crippen LogP contribution in [0, 0.1) is 0 Å². The number of ether oxygens (including phenoxy) is 1. The van der Waals surface area contributed by atoms with Gasteiger partial charge in [0.15, 0.2) is 6.29 Å². The molecule has 0 aliphatic rings. The van der Waals surface area contributed by atoms with Gasteiger partial charge in [0.25, 0.3) is 5.97 Å². The molecule has 0 aromatic carbocycles. The lowest BCUT2D eigenvalue weighted by atomic mass is 10.2. The van der Waals surface area contributed by atoms with Crippen LogP contribution in [0.5, 0.6) is 0 Å². The van der Waals surface area contributed by atoms with Gasteiger partial charge in [-0.1, -0.05) is 46.5 Å². The molecule has 130 valence electrons. The first-order valence-corrected chi connectivity index (χ1v) is 8.05. The monoisotopic (exact) mass is 308 g/mol. The number of aliphatic hydroxyl groups is 2. The molecular weight excluding hydrogens is 272 g/mol. The topological polar surface area (TPSA) is 87.0 Å². The Morgan fingerprint density at radius 3 is 1.57 bits per heavy atom. The van der Waals surface area contributed by atoms with Gasteiger partial charge in [0.05, 0.1) is 0 Å². The largest absolute Gasteiger partial charge is 0.481 e. The summed E-state index contributed by atoms with van der Waals surface area (Å²) in [6.45, 7) is 9.45. The van der Waals surface area contributed by atoms with Crippen LogP contribution in [0.15, 0.2) is 0 Å². The predicted molar refractivity (Wildman–Crippen MR) is 86.3 cm³/mol. The van der Waals surface area contributed by atoms with E-state index in [1.165, 1.54) is 25.7 Å². The SMILES string of the molecule is CC(=O)O.CCCCCC(O)O.CCCCOCCCC. The Labute approximate surface area is 130 Å². The second-order valence-electron chi connectivity index (χ2n) is 4.81. The van der Waals surface area contributed by atoms with Crippen molar-refractivity contribution < 1.29 is 24.9 Å². The first-order valence-electron chi connectivity index (χ1n) is 8.05. The van der Waals surface area contributed by atoms with Crippen LogP contribution in [0.3, 0.4) is 0 Å². The van der Waals surface area contributed by atoms with Crippen molar-refractivity contribution in [2.45, 2.75) is 85.4 Å². The maximum atomic E-state index is 9.00. The van der Waals surface area contributed by atoms with Crippen molar-refractivity contribution in [2.75, 3.05) is 13.2 Å². The lowest BCUT2D eigenvalue weighted by Crippen LogP contribution is -2.02.